The number of hydrogen-bond acceptors (Lipinski definition) is 6. The molecule has 3 heterocycles. The second-order valence-corrected chi connectivity index (χ2v) is 13.7. The first-order valence-corrected chi connectivity index (χ1v) is 18.1. The van der Waals surface area contributed by atoms with E-state index in [9.17, 15) is 14.0 Å². The molecule has 2 aliphatic rings. The van der Waals surface area contributed by atoms with Crippen molar-refractivity contribution in [1.82, 2.24) is 4.90 Å². The van der Waals surface area contributed by atoms with Crippen LogP contribution < -0.4 is 9.80 Å². The number of carbonyl (C=O) groups is 2. The number of nitrogens with zero attached hydrogens (tertiary/aromatic N) is 3. The fourth-order valence-corrected chi connectivity index (χ4v) is 7.59. The number of halogens is 1. The highest BCUT2D eigenvalue weighted by atomic mass is 32.1. The molecule has 0 aliphatic carbocycles. The van der Waals surface area contributed by atoms with Crippen molar-refractivity contribution in [3.63, 3.8) is 0 Å². The third-order valence-corrected chi connectivity index (χ3v) is 10.2. The molecule has 0 saturated carbocycles. The van der Waals surface area contributed by atoms with Gasteiger partial charge in [0.25, 0.3) is 0 Å². The van der Waals surface area contributed by atoms with Gasteiger partial charge in [-0.3, -0.25) is 19.4 Å². The minimum Gasteiger partial charge on any atom is -0.441 e. The molecule has 0 bridgehead atoms. The lowest BCUT2D eigenvalue weighted by molar-refractivity contribution is -0.149. The summed E-state index contributed by atoms with van der Waals surface area (Å²) in [6.45, 7) is 8.54. The Morgan fingerprint density at radius 3 is 2.40 bits per heavy atom. The summed E-state index contributed by atoms with van der Waals surface area (Å²) < 4.78 is 21.0. The molecule has 5 rings (SSSR count). The van der Waals surface area contributed by atoms with Crippen molar-refractivity contribution in [3.8, 4) is 0 Å². The standard InChI is InChI=1S/C37H50FN3O3S/c1-3-4-5-6-7-8-9-10-11-12-37(43)44-28(2)41-33-25-29(13-14-30(33)15-16-36(41)42)17-19-39-20-22-40(23-21-39)34-26-31(38)27-35-32(34)18-24-45-35/h13-14,18,24-28H,3-12,15-17,19-23H2,1-2H3. The molecule has 2 aromatic carbocycles. The molecule has 0 spiro atoms. The fourth-order valence-electron chi connectivity index (χ4n) is 6.76. The number of ether oxygens (including phenoxy) is 1. The van der Waals surface area contributed by atoms with Crippen LogP contribution in [0, 0.1) is 5.82 Å². The molecule has 3 aromatic rings. The summed E-state index contributed by atoms with van der Waals surface area (Å²) in [5.41, 5.74) is 4.18. The number of fused-ring (bicyclic) bond motifs is 2. The van der Waals surface area contributed by atoms with Gasteiger partial charge in [0.2, 0.25) is 5.91 Å². The lowest BCUT2D eigenvalue weighted by Gasteiger charge is -2.36. The van der Waals surface area contributed by atoms with Gasteiger partial charge in [0.15, 0.2) is 6.23 Å². The monoisotopic (exact) mass is 635 g/mol. The Bertz CT molecular complexity index is 1420. The minimum atomic E-state index is -0.622. The Morgan fingerprint density at radius 1 is 0.911 bits per heavy atom. The molecule has 1 unspecified atom stereocenters. The summed E-state index contributed by atoms with van der Waals surface area (Å²) in [5, 5.41) is 3.16. The zero-order chi connectivity index (χ0) is 31.6. The molecule has 1 atom stereocenters. The number of anilines is 2. The zero-order valence-corrected chi connectivity index (χ0v) is 28.0. The largest absolute Gasteiger partial charge is 0.441 e. The van der Waals surface area contributed by atoms with E-state index in [4.69, 9.17) is 4.74 Å². The number of carbonyl (C=O) groups excluding carboxylic acids is 2. The van der Waals surface area contributed by atoms with Crippen LogP contribution in [-0.2, 0) is 27.2 Å². The highest BCUT2D eigenvalue weighted by molar-refractivity contribution is 7.17. The van der Waals surface area contributed by atoms with Crippen LogP contribution in [0.1, 0.15) is 95.6 Å². The molecule has 45 heavy (non-hydrogen) atoms. The Hall–Kier alpha value is -2.97. The van der Waals surface area contributed by atoms with Crippen LogP contribution in [0.4, 0.5) is 15.8 Å². The molecule has 1 saturated heterocycles. The molecular formula is C37H50FN3O3S. The Kier molecular flexibility index (Phi) is 12.3. The lowest BCUT2D eigenvalue weighted by atomic mass is 9.97. The molecule has 0 N–H and O–H groups in total. The first kappa shape index (κ1) is 33.4. The van der Waals surface area contributed by atoms with Gasteiger partial charge in [-0.05, 0) is 67.0 Å². The smallest absolute Gasteiger partial charge is 0.307 e. The summed E-state index contributed by atoms with van der Waals surface area (Å²) in [7, 11) is 0. The highest BCUT2D eigenvalue weighted by Gasteiger charge is 2.30. The molecule has 1 fully saturated rings. The van der Waals surface area contributed by atoms with Crippen LogP contribution in [0.5, 0.6) is 0 Å². The van der Waals surface area contributed by atoms with E-state index < -0.39 is 6.23 Å². The van der Waals surface area contributed by atoms with Gasteiger partial charge in [0.1, 0.15) is 5.82 Å². The fraction of sp³-hybridized carbons (Fsp3) is 0.568. The van der Waals surface area contributed by atoms with Crippen molar-refractivity contribution >= 4 is 44.7 Å². The number of benzene rings is 2. The summed E-state index contributed by atoms with van der Waals surface area (Å²) in [6, 6.07) is 11.8. The van der Waals surface area contributed by atoms with E-state index in [0.717, 1.165) is 85.4 Å². The molecule has 6 nitrogen and oxygen atoms in total. The van der Waals surface area contributed by atoms with E-state index in [1.165, 1.54) is 44.1 Å². The number of amides is 1. The van der Waals surface area contributed by atoms with E-state index in [-0.39, 0.29) is 17.7 Å². The maximum Gasteiger partial charge on any atom is 0.307 e. The first-order valence-electron chi connectivity index (χ1n) is 17.2. The lowest BCUT2D eigenvalue weighted by Crippen LogP contribution is -2.47. The Labute approximate surface area is 272 Å². The van der Waals surface area contributed by atoms with E-state index in [1.807, 2.05) is 12.3 Å². The van der Waals surface area contributed by atoms with Gasteiger partial charge in [0.05, 0.1) is 5.69 Å². The average Bonchev–Trinajstić information content (AvgIpc) is 3.51. The van der Waals surface area contributed by atoms with Gasteiger partial charge in [-0.25, -0.2) is 4.39 Å². The Balaban J connectivity index is 1.09. The quantitative estimate of drug-likeness (QED) is 0.117. The van der Waals surface area contributed by atoms with Gasteiger partial charge < -0.3 is 9.64 Å². The third-order valence-electron chi connectivity index (χ3n) is 9.38. The summed E-state index contributed by atoms with van der Waals surface area (Å²) in [5.74, 6) is -0.389. The first-order chi connectivity index (χ1) is 21.9. The zero-order valence-electron chi connectivity index (χ0n) is 27.2. The molecule has 244 valence electrons. The van der Waals surface area contributed by atoms with Crippen LogP contribution in [-0.4, -0.2) is 55.7 Å². The van der Waals surface area contributed by atoms with E-state index >= 15 is 0 Å². The van der Waals surface area contributed by atoms with Crippen molar-refractivity contribution in [2.75, 3.05) is 42.5 Å². The van der Waals surface area contributed by atoms with Gasteiger partial charge in [-0.2, -0.15) is 0 Å². The molecule has 2 aliphatic heterocycles. The highest BCUT2D eigenvalue weighted by Crippen LogP contribution is 2.33. The summed E-state index contributed by atoms with van der Waals surface area (Å²) in [6.07, 6.45) is 12.6. The molecule has 1 amide bonds. The number of esters is 1. The maximum absolute atomic E-state index is 14.2. The van der Waals surface area contributed by atoms with Gasteiger partial charge >= 0.3 is 5.97 Å². The second kappa shape index (κ2) is 16.5. The molecule has 0 radical (unpaired) electrons. The number of rotatable bonds is 16. The molecule has 8 heteroatoms. The number of hydrogen-bond donors (Lipinski definition) is 0. The van der Waals surface area contributed by atoms with Crippen molar-refractivity contribution in [2.24, 2.45) is 0 Å². The second-order valence-electron chi connectivity index (χ2n) is 12.7. The van der Waals surface area contributed by atoms with Crippen molar-refractivity contribution in [3.05, 3.63) is 58.7 Å². The number of aryl methyl sites for hydroxylation is 1. The summed E-state index contributed by atoms with van der Waals surface area (Å²) >= 11 is 1.58. The number of thiophene rings is 1. The minimum absolute atomic E-state index is 0.0104. The van der Waals surface area contributed by atoms with Crippen LogP contribution in [0.15, 0.2) is 41.8 Å². The Morgan fingerprint density at radius 2 is 1.64 bits per heavy atom. The van der Waals surface area contributed by atoms with Crippen LogP contribution in [0.2, 0.25) is 0 Å². The predicted molar refractivity (Wildman–Crippen MR) is 184 cm³/mol. The van der Waals surface area contributed by atoms with E-state index in [2.05, 4.69) is 41.0 Å². The SMILES string of the molecule is CCCCCCCCCCCC(=O)OC(C)N1C(=O)CCc2ccc(CCN3CCN(c4cc(F)cc5sccc45)CC3)cc21. The van der Waals surface area contributed by atoms with Crippen LogP contribution in [0.25, 0.3) is 10.1 Å². The number of piperazine rings is 1. The topological polar surface area (TPSA) is 53.1 Å². The van der Waals surface area contributed by atoms with Crippen molar-refractivity contribution in [1.29, 1.82) is 0 Å². The predicted octanol–water partition coefficient (Wildman–Crippen LogP) is 8.49. The van der Waals surface area contributed by atoms with Crippen molar-refractivity contribution in [2.45, 2.75) is 104 Å². The molecular weight excluding hydrogens is 585 g/mol. The molecule has 1 aromatic heterocycles. The van der Waals surface area contributed by atoms with Gasteiger partial charge in [-0.15, -0.1) is 11.3 Å². The third kappa shape index (κ3) is 9.07. The van der Waals surface area contributed by atoms with Gasteiger partial charge in [-0.1, -0.05) is 70.4 Å². The van der Waals surface area contributed by atoms with E-state index in [1.54, 1.807) is 28.4 Å². The average molecular weight is 636 g/mol. The van der Waals surface area contributed by atoms with E-state index in [0.29, 0.717) is 19.3 Å². The normalized spacial score (nSPS) is 16.3. The van der Waals surface area contributed by atoms with Crippen LogP contribution >= 0.6 is 11.3 Å². The maximum atomic E-state index is 14.2. The van der Waals surface area contributed by atoms with Crippen molar-refractivity contribution < 1.29 is 18.7 Å². The van der Waals surface area contributed by atoms with Gasteiger partial charge in [0, 0.05) is 61.3 Å². The van der Waals surface area contributed by atoms with Crippen LogP contribution in [0.3, 0.4) is 0 Å². The summed E-state index contributed by atoms with van der Waals surface area (Å²) in [4.78, 5) is 32.2. The number of unbranched alkanes of at least 4 members (excludes halogenated alkanes) is 8.